The van der Waals surface area contributed by atoms with Gasteiger partial charge in [0.25, 0.3) is 5.41 Å². The lowest BCUT2D eigenvalue weighted by Crippen LogP contribution is -2.46. The van der Waals surface area contributed by atoms with Crippen molar-refractivity contribution < 1.29 is 39.2 Å². The zero-order valence-corrected chi connectivity index (χ0v) is 9.29. The van der Waals surface area contributed by atoms with Crippen LogP contribution < -0.4 is 0 Å². The molecule has 0 aliphatic heterocycles. The number of carbonyl (C=O) groups is 4. The standard InChI is InChI=1S/C10H12O8/c1-2-6(11)18-5-3-4-10(7(12)13,8(14)15)9(16)17/h2H,1,3-5H2,(H,12,13)(H,14,15)(H,16,17). The molecule has 0 rings (SSSR count). The normalized spacial score (nSPS) is 10.4. The van der Waals surface area contributed by atoms with Crippen LogP contribution in [0, 0.1) is 5.41 Å². The molecular formula is C10H12O8. The van der Waals surface area contributed by atoms with Crippen LogP contribution in [0.15, 0.2) is 12.7 Å². The highest BCUT2D eigenvalue weighted by Crippen LogP contribution is 2.25. The number of aliphatic carboxylic acids is 3. The molecule has 0 aliphatic rings. The van der Waals surface area contributed by atoms with E-state index in [9.17, 15) is 19.2 Å². The molecule has 18 heavy (non-hydrogen) atoms. The van der Waals surface area contributed by atoms with Gasteiger partial charge in [0.1, 0.15) is 0 Å². The minimum atomic E-state index is -2.93. The SMILES string of the molecule is C=CC(=O)OCCCC(C(=O)O)(C(=O)O)C(=O)O. The van der Waals surface area contributed by atoms with E-state index in [1.54, 1.807) is 0 Å². The van der Waals surface area contributed by atoms with Crippen molar-refractivity contribution in [3.63, 3.8) is 0 Å². The minimum Gasteiger partial charge on any atom is -0.480 e. The Balaban J connectivity index is 4.68. The van der Waals surface area contributed by atoms with Gasteiger partial charge in [-0.05, 0) is 12.8 Å². The molecule has 0 heterocycles. The van der Waals surface area contributed by atoms with E-state index in [1.165, 1.54) is 0 Å². The molecule has 0 radical (unpaired) electrons. The van der Waals surface area contributed by atoms with Crippen molar-refractivity contribution in [3.05, 3.63) is 12.7 Å². The van der Waals surface area contributed by atoms with Gasteiger partial charge in [-0.3, -0.25) is 14.4 Å². The average Bonchev–Trinajstić information content (AvgIpc) is 2.27. The molecule has 0 unspecified atom stereocenters. The molecule has 0 aromatic heterocycles. The van der Waals surface area contributed by atoms with Gasteiger partial charge in [-0.2, -0.15) is 0 Å². The third-order valence-corrected chi connectivity index (χ3v) is 2.20. The highest BCUT2D eigenvalue weighted by Gasteiger charge is 2.53. The summed E-state index contributed by atoms with van der Waals surface area (Å²) in [6.45, 7) is 2.82. The van der Waals surface area contributed by atoms with Crippen LogP contribution in [0.3, 0.4) is 0 Å². The van der Waals surface area contributed by atoms with Crippen LogP contribution in [0.1, 0.15) is 12.8 Å². The molecule has 0 atom stereocenters. The second kappa shape index (κ2) is 6.38. The number of rotatable bonds is 8. The number of esters is 1. The van der Waals surface area contributed by atoms with E-state index in [-0.39, 0.29) is 13.0 Å². The number of hydrogen-bond donors (Lipinski definition) is 3. The summed E-state index contributed by atoms with van der Waals surface area (Å²) < 4.78 is 4.49. The van der Waals surface area contributed by atoms with Crippen LogP contribution in [0.5, 0.6) is 0 Å². The molecule has 0 aromatic carbocycles. The summed E-state index contributed by atoms with van der Waals surface area (Å²) in [5.74, 6) is -6.69. The molecule has 100 valence electrons. The first-order chi connectivity index (χ1) is 8.28. The van der Waals surface area contributed by atoms with Gasteiger partial charge in [-0.15, -0.1) is 0 Å². The zero-order chi connectivity index (χ0) is 14.3. The predicted molar refractivity (Wildman–Crippen MR) is 55.7 cm³/mol. The average molecular weight is 260 g/mol. The molecular weight excluding hydrogens is 248 g/mol. The maximum Gasteiger partial charge on any atom is 0.332 e. The summed E-state index contributed by atoms with van der Waals surface area (Å²) in [7, 11) is 0. The lowest BCUT2D eigenvalue weighted by molar-refractivity contribution is -0.176. The molecule has 0 saturated carbocycles. The Kier molecular flexibility index (Phi) is 5.54. The summed E-state index contributed by atoms with van der Waals surface area (Å²) in [5, 5.41) is 26.2. The van der Waals surface area contributed by atoms with E-state index in [1.807, 2.05) is 0 Å². The van der Waals surface area contributed by atoms with Crippen LogP contribution in [-0.2, 0) is 23.9 Å². The maximum atomic E-state index is 10.8. The van der Waals surface area contributed by atoms with Gasteiger partial charge < -0.3 is 20.1 Å². The van der Waals surface area contributed by atoms with Gasteiger partial charge in [0.05, 0.1) is 6.61 Å². The number of carboxylic acid groups (broad SMARTS) is 3. The van der Waals surface area contributed by atoms with E-state index in [2.05, 4.69) is 11.3 Å². The van der Waals surface area contributed by atoms with Gasteiger partial charge in [0.15, 0.2) is 0 Å². The smallest absolute Gasteiger partial charge is 0.332 e. The van der Waals surface area contributed by atoms with Gasteiger partial charge >= 0.3 is 23.9 Å². The molecule has 0 aliphatic carbocycles. The van der Waals surface area contributed by atoms with Gasteiger partial charge in [-0.1, -0.05) is 6.58 Å². The highest BCUT2D eigenvalue weighted by atomic mass is 16.5. The molecule has 0 aromatic rings. The molecule has 8 heteroatoms. The monoisotopic (exact) mass is 260 g/mol. The topological polar surface area (TPSA) is 138 Å². The number of hydrogen-bond acceptors (Lipinski definition) is 5. The Labute approximate surface area is 101 Å². The Morgan fingerprint density at radius 2 is 1.50 bits per heavy atom. The van der Waals surface area contributed by atoms with Crippen LogP contribution in [0.4, 0.5) is 0 Å². The van der Waals surface area contributed by atoms with E-state index in [0.717, 1.165) is 6.08 Å². The van der Waals surface area contributed by atoms with E-state index >= 15 is 0 Å². The van der Waals surface area contributed by atoms with Crippen LogP contribution in [-0.4, -0.2) is 45.8 Å². The van der Waals surface area contributed by atoms with Crippen molar-refractivity contribution in [1.82, 2.24) is 0 Å². The Hall–Kier alpha value is -2.38. The molecule has 0 amide bonds. The van der Waals surface area contributed by atoms with Gasteiger partial charge in [0, 0.05) is 6.08 Å². The van der Waals surface area contributed by atoms with E-state index in [0.29, 0.717) is 0 Å². The van der Waals surface area contributed by atoms with Crippen molar-refractivity contribution in [3.8, 4) is 0 Å². The fourth-order valence-electron chi connectivity index (χ4n) is 1.16. The predicted octanol–water partition coefficient (Wildman–Crippen LogP) is -0.264. The first kappa shape index (κ1) is 15.6. The van der Waals surface area contributed by atoms with E-state index in [4.69, 9.17) is 15.3 Å². The third kappa shape index (κ3) is 3.30. The van der Waals surface area contributed by atoms with Gasteiger partial charge in [0.2, 0.25) is 0 Å². The summed E-state index contributed by atoms with van der Waals surface area (Å²) in [5.41, 5.74) is -2.93. The fraction of sp³-hybridized carbons (Fsp3) is 0.400. The lowest BCUT2D eigenvalue weighted by atomic mass is 9.83. The van der Waals surface area contributed by atoms with Crippen LogP contribution in [0.2, 0.25) is 0 Å². The molecule has 3 N–H and O–H groups in total. The summed E-state index contributed by atoms with van der Waals surface area (Å²) in [4.78, 5) is 43.1. The van der Waals surface area contributed by atoms with Crippen molar-refractivity contribution in [1.29, 1.82) is 0 Å². The lowest BCUT2D eigenvalue weighted by Gasteiger charge is -2.19. The molecule has 0 bridgehead atoms. The number of carboxylic acids is 3. The molecule has 0 saturated heterocycles. The Morgan fingerprint density at radius 1 is 1.06 bits per heavy atom. The quantitative estimate of drug-likeness (QED) is 0.235. The largest absolute Gasteiger partial charge is 0.480 e. The highest BCUT2D eigenvalue weighted by molar-refractivity contribution is 6.16. The maximum absolute atomic E-state index is 10.8. The summed E-state index contributed by atoms with van der Waals surface area (Å²) >= 11 is 0. The van der Waals surface area contributed by atoms with Crippen LogP contribution >= 0.6 is 0 Å². The first-order valence-corrected chi connectivity index (χ1v) is 4.78. The number of carbonyl (C=O) groups excluding carboxylic acids is 1. The minimum absolute atomic E-state index is 0.218. The molecule has 0 fully saturated rings. The second-order valence-corrected chi connectivity index (χ2v) is 3.30. The second-order valence-electron chi connectivity index (χ2n) is 3.30. The third-order valence-electron chi connectivity index (χ3n) is 2.20. The fourth-order valence-corrected chi connectivity index (χ4v) is 1.16. The summed E-state index contributed by atoms with van der Waals surface area (Å²) in [6.07, 6.45) is -0.0409. The van der Waals surface area contributed by atoms with Crippen molar-refractivity contribution in [2.45, 2.75) is 12.8 Å². The number of ether oxygens (including phenoxy) is 1. The van der Waals surface area contributed by atoms with Gasteiger partial charge in [-0.25, -0.2) is 4.79 Å². The van der Waals surface area contributed by atoms with E-state index < -0.39 is 35.7 Å². The first-order valence-electron chi connectivity index (χ1n) is 4.78. The summed E-state index contributed by atoms with van der Waals surface area (Å²) in [6, 6.07) is 0. The molecule has 8 nitrogen and oxygen atoms in total. The Morgan fingerprint density at radius 3 is 1.83 bits per heavy atom. The van der Waals surface area contributed by atoms with Crippen molar-refractivity contribution >= 4 is 23.9 Å². The van der Waals surface area contributed by atoms with Crippen LogP contribution in [0.25, 0.3) is 0 Å². The van der Waals surface area contributed by atoms with Crippen molar-refractivity contribution in [2.24, 2.45) is 5.41 Å². The molecule has 0 spiro atoms. The zero-order valence-electron chi connectivity index (χ0n) is 9.29. The van der Waals surface area contributed by atoms with Crippen molar-refractivity contribution in [2.75, 3.05) is 6.61 Å². The Bertz CT molecular complexity index is 347.